The molecule has 0 aliphatic rings. The molecule has 2 aromatic rings. The molecule has 27 heavy (non-hydrogen) atoms. The van der Waals surface area contributed by atoms with Gasteiger partial charge < -0.3 is 4.74 Å². The van der Waals surface area contributed by atoms with Gasteiger partial charge in [-0.1, -0.05) is 23.2 Å². The Labute approximate surface area is 162 Å². The number of benzene rings is 1. The highest BCUT2D eigenvalue weighted by molar-refractivity contribution is 8.00. The van der Waals surface area contributed by atoms with Crippen LogP contribution in [0.15, 0.2) is 22.0 Å². The molecule has 0 unspecified atom stereocenters. The SMILES string of the molecule is CCOC=Nc1n[nH]c(-c2c(Cl)cc(C(F)(F)F)cc2Cl)c1SC(F)(F)F. The number of thioether (sulfide) groups is 1. The lowest BCUT2D eigenvalue weighted by Gasteiger charge is -2.13. The number of nitrogens with zero attached hydrogens (tertiary/aromatic N) is 2. The Morgan fingerprint density at radius 1 is 1.19 bits per heavy atom. The Kier molecular flexibility index (Phi) is 6.59. The van der Waals surface area contributed by atoms with Gasteiger partial charge in [0.2, 0.25) is 0 Å². The lowest BCUT2D eigenvalue weighted by Crippen LogP contribution is -2.05. The van der Waals surface area contributed by atoms with Crippen LogP contribution in [0.2, 0.25) is 10.0 Å². The Morgan fingerprint density at radius 2 is 1.78 bits per heavy atom. The summed E-state index contributed by atoms with van der Waals surface area (Å²) in [4.78, 5) is 3.15. The van der Waals surface area contributed by atoms with Crippen LogP contribution in [0.25, 0.3) is 11.3 Å². The van der Waals surface area contributed by atoms with E-state index in [1.165, 1.54) is 0 Å². The number of nitrogens with one attached hydrogen (secondary N) is 1. The van der Waals surface area contributed by atoms with E-state index in [-0.39, 0.29) is 23.7 Å². The van der Waals surface area contributed by atoms with E-state index in [0.717, 1.165) is 6.40 Å². The van der Waals surface area contributed by atoms with Crippen LogP contribution in [-0.2, 0) is 10.9 Å². The number of H-pyrrole nitrogens is 1. The van der Waals surface area contributed by atoms with Crippen molar-refractivity contribution in [3.05, 3.63) is 27.7 Å². The Balaban J connectivity index is 2.61. The zero-order valence-electron chi connectivity index (χ0n) is 13.2. The number of alkyl halides is 6. The number of rotatable bonds is 5. The molecule has 1 aromatic carbocycles. The van der Waals surface area contributed by atoms with Crippen LogP contribution < -0.4 is 0 Å². The van der Waals surface area contributed by atoms with Crippen LogP contribution in [0.3, 0.4) is 0 Å². The fraction of sp³-hybridized carbons (Fsp3) is 0.286. The van der Waals surface area contributed by atoms with E-state index in [4.69, 9.17) is 27.9 Å². The molecule has 4 nitrogen and oxygen atoms in total. The number of hydrogen-bond donors (Lipinski definition) is 1. The molecule has 0 atom stereocenters. The highest BCUT2D eigenvalue weighted by Gasteiger charge is 2.36. The Bertz CT molecular complexity index is 827. The summed E-state index contributed by atoms with van der Waals surface area (Å²) >= 11 is 11.2. The van der Waals surface area contributed by atoms with E-state index < -0.39 is 44.0 Å². The first-order chi connectivity index (χ1) is 12.4. The molecule has 13 heteroatoms. The lowest BCUT2D eigenvalue weighted by molar-refractivity contribution is -0.137. The van der Waals surface area contributed by atoms with Crippen molar-refractivity contribution >= 4 is 47.2 Å². The van der Waals surface area contributed by atoms with Crippen LogP contribution in [0.1, 0.15) is 12.5 Å². The molecule has 0 amide bonds. The van der Waals surface area contributed by atoms with E-state index >= 15 is 0 Å². The van der Waals surface area contributed by atoms with Crippen molar-refractivity contribution in [1.82, 2.24) is 10.2 Å². The normalized spacial score (nSPS) is 12.8. The van der Waals surface area contributed by atoms with Crippen molar-refractivity contribution in [3.8, 4) is 11.3 Å². The van der Waals surface area contributed by atoms with Crippen LogP contribution in [-0.4, -0.2) is 28.7 Å². The molecule has 0 bridgehead atoms. The predicted molar refractivity (Wildman–Crippen MR) is 90.7 cm³/mol. The first-order valence-corrected chi connectivity index (χ1v) is 8.56. The molecule has 0 radical (unpaired) electrons. The van der Waals surface area contributed by atoms with Crippen LogP contribution >= 0.6 is 35.0 Å². The second-order valence-corrected chi connectivity index (χ2v) is 6.69. The first kappa shape index (κ1) is 21.7. The van der Waals surface area contributed by atoms with Crippen LogP contribution in [0.5, 0.6) is 0 Å². The molecule has 0 saturated heterocycles. The second-order valence-electron chi connectivity index (χ2n) is 4.80. The van der Waals surface area contributed by atoms with Gasteiger partial charge in [-0.3, -0.25) is 5.10 Å². The molecular formula is C14H9Cl2F6N3OS. The van der Waals surface area contributed by atoms with Gasteiger partial charge in [-0.05, 0) is 30.8 Å². The van der Waals surface area contributed by atoms with Crippen molar-refractivity contribution in [3.63, 3.8) is 0 Å². The maximum atomic E-state index is 12.9. The number of aromatic nitrogens is 2. The first-order valence-electron chi connectivity index (χ1n) is 6.99. The highest BCUT2D eigenvalue weighted by Crippen LogP contribution is 2.49. The molecule has 1 heterocycles. The third-order valence-corrected chi connectivity index (χ3v) is 4.38. The Hall–Kier alpha value is -1.59. The smallest absolute Gasteiger partial charge is 0.446 e. The summed E-state index contributed by atoms with van der Waals surface area (Å²) in [6.07, 6.45) is -3.83. The van der Waals surface area contributed by atoms with Gasteiger partial charge in [0.25, 0.3) is 0 Å². The van der Waals surface area contributed by atoms with E-state index in [1.54, 1.807) is 6.92 Å². The molecule has 0 aliphatic carbocycles. The fourth-order valence-electron chi connectivity index (χ4n) is 1.93. The number of halogens is 8. The van der Waals surface area contributed by atoms with Gasteiger partial charge in [-0.25, -0.2) is 0 Å². The lowest BCUT2D eigenvalue weighted by atomic mass is 10.1. The predicted octanol–water partition coefficient (Wildman–Crippen LogP) is 6.71. The third kappa shape index (κ3) is 5.45. The summed E-state index contributed by atoms with van der Waals surface area (Å²) in [5.41, 5.74) is -6.44. The quantitative estimate of drug-likeness (QED) is 0.238. The summed E-state index contributed by atoms with van der Waals surface area (Å²) in [6, 6.07) is 1.13. The zero-order chi connectivity index (χ0) is 20.4. The van der Waals surface area contributed by atoms with Gasteiger partial charge in [0.05, 0.1) is 32.8 Å². The summed E-state index contributed by atoms with van der Waals surface area (Å²) in [5, 5.41) is 4.93. The van der Waals surface area contributed by atoms with Crippen molar-refractivity contribution in [2.75, 3.05) is 6.61 Å². The van der Waals surface area contributed by atoms with Crippen molar-refractivity contribution in [1.29, 1.82) is 0 Å². The third-order valence-electron chi connectivity index (χ3n) is 2.96. The van der Waals surface area contributed by atoms with Gasteiger partial charge in [0, 0.05) is 5.56 Å². The average molecular weight is 452 g/mol. The van der Waals surface area contributed by atoms with E-state index in [0.29, 0.717) is 12.1 Å². The van der Waals surface area contributed by atoms with Crippen molar-refractivity contribution < 1.29 is 31.1 Å². The summed E-state index contributed by atoms with van der Waals surface area (Å²) in [7, 11) is 0. The molecule has 148 valence electrons. The molecule has 0 saturated carbocycles. The maximum Gasteiger partial charge on any atom is 0.446 e. The standard InChI is InChI=1S/C14H9Cl2F6N3OS/c1-2-26-5-23-12-11(27-14(20,21)22)10(24-25-12)9-7(15)3-6(4-8(9)16)13(17,18)19/h3-5H,2H2,1H3,(H,24,25). The highest BCUT2D eigenvalue weighted by atomic mass is 35.5. The minimum absolute atomic E-state index is 0.221. The fourth-order valence-corrected chi connectivity index (χ4v) is 3.28. The molecule has 2 rings (SSSR count). The van der Waals surface area contributed by atoms with Crippen LogP contribution in [0, 0.1) is 0 Å². The molecule has 0 aliphatic heterocycles. The second kappa shape index (κ2) is 8.19. The van der Waals surface area contributed by atoms with Gasteiger partial charge in [-0.15, -0.1) is 0 Å². The number of aliphatic imine (C=N–C) groups is 1. The number of ether oxygens (including phenoxy) is 1. The molecule has 0 spiro atoms. The summed E-state index contributed by atoms with van der Waals surface area (Å²) in [5.74, 6) is -0.382. The van der Waals surface area contributed by atoms with E-state index in [9.17, 15) is 26.3 Å². The molecular weight excluding hydrogens is 443 g/mol. The summed E-state index contributed by atoms with van der Waals surface area (Å²) in [6.45, 7) is 1.86. The largest absolute Gasteiger partial charge is 0.483 e. The van der Waals surface area contributed by atoms with Gasteiger partial charge >= 0.3 is 11.7 Å². The van der Waals surface area contributed by atoms with Crippen molar-refractivity contribution in [2.24, 2.45) is 4.99 Å². The molecule has 1 N–H and O–H groups in total. The number of hydrogen-bond acceptors (Lipinski definition) is 4. The van der Waals surface area contributed by atoms with Gasteiger partial charge in [0.15, 0.2) is 12.2 Å². The minimum atomic E-state index is -4.73. The minimum Gasteiger partial charge on any atom is -0.483 e. The number of aromatic amines is 1. The average Bonchev–Trinajstić information content (AvgIpc) is 2.87. The molecule has 1 aromatic heterocycles. The monoisotopic (exact) mass is 451 g/mol. The topological polar surface area (TPSA) is 50.3 Å². The van der Waals surface area contributed by atoms with Gasteiger partial charge in [-0.2, -0.15) is 36.4 Å². The molecule has 0 fully saturated rings. The van der Waals surface area contributed by atoms with Crippen LogP contribution in [0.4, 0.5) is 32.2 Å². The zero-order valence-corrected chi connectivity index (χ0v) is 15.5. The summed E-state index contributed by atoms with van der Waals surface area (Å²) < 4.78 is 82.1. The maximum absolute atomic E-state index is 12.9. The Morgan fingerprint density at radius 3 is 2.26 bits per heavy atom. The van der Waals surface area contributed by atoms with Crippen molar-refractivity contribution in [2.45, 2.75) is 23.5 Å². The van der Waals surface area contributed by atoms with E-state index in [2.05, 4.69) is 15.2 Å². The van der Waals surface area contributed by atoms with E-state index in [1.807, 2.05) is 0 Å². The van der Waals surface area contributed by atoms with Gasteiger partial charge in [0.1, 0.15) is 0 Å².